The highest BCUT2D eigenvalue weighted by Crippen LogP contribution is 2.36. The molecule has 3 rings (SSSR count). The highest BCUT2D eigenvalue weighted by Gasteiger charge is 2.21. The van der Waals surface area contributed by atoms with Crippen molar-refractivity contribution in [1.82, 2.24) is 0 Å². The standard InChI is InChI=1S/C24H30F2O/c1-2-3-4-17-5-7-18(8-6-17)9-10-19-11-13-20(14-12-19)21-15-16-22(27)24(26)23(21)25/h2,9-10,13,15-19,27H,1,3-8,11-12,14H2/b10-9+. The van der Waals surface area contributed by atoms with Crippen LogP contribution in [0, 0.1) is 29.4 Å². The van der Waals surface area contributed by atoms with Crippen LogP contribution in [0.1, 0.15) is 63.4 Å². The summed E-state index contributed by atoms with van der Waals surface area (Å²) in [6.45, 7) is 3.81. The van der Waals surface area contributed by atoms with E-state index in [-0.39, 0.29) is 5.56 Å². The van der Waals surface area contributed by atoms with E-state index >= 15 is 0 Å². The van der Waals surface area contributed by atoms with E-state index in [1.54, 1.807) is 0 Å². The zero-order valence-corrected chi connectivity index (χ0v) is 16.0. The van der Waals surface area contributed by atoms with Crippen molar-refractivity contribution in [3.63, 3.8) is 0 Å². The second-order valence-electron chi connectivity index (χ2n) is 8.06. The number of aromatic hydroxyl groups is 1. The lowest BCUT2D eigenvalue weighted by Gasteiger charge is -2.27. The maximum Gasteiger partial charge on any atom is 0.200 e. The molecule has 1 unspecified atom stereocenters. The van der Waals surface area contributed by atoms with Crippen LogP contribution in [0.2, 0.25) is 0 Å². The Morgan fingerprint density at radius 2 is 1.74 bits per heavy atom. The van der Waals surface area contributed by atoms with Gasteiger partial charge in [-0.1, -0.05) is 24.3 Å². The number of rotatable bonds is 6. The minimum Gasteiger partial charge on any atom is -0.505 e. The Balaban J connectivity index is 1.51. The van der Waals surface area contributed by atoms with E-state index in [4.69, 9.17) is 0 Å². The molecule has 0 spiro atoms. The molecule has 0 aromatic heterocycles. The van der Waals surface area contributed by atoms with Crippen LogP contribution in [-0.2, 0) is 0 Å². The van der Waals surface area contributed by atoms with E-state index in [0.717, 1.165) is 37.2 Å². The van der Waals surface area contributed by atoms with Gasteiger partial charge in [0.05, 0.1) is 0 Å². The summed E-state index contributed by atoms with van der Waals surface area (Å²) in [5, 5.41) is 9.27. The molecule has 27 heavy (non-hydrogen) atoms. The molecule has 3 heteroatoms. The molecule has 1 saturated carbocycles. The van der Waals surface area contributed by atoms with Crippen LogP contribution in [0.4, 0.5) is 8.78 Å². The molecule has 0 bridgehead atoms. The van der Waals surface area contributed by atoms with Crippen LogP contribution in [0.15, 0.2) is 43.0 Å². The van der Waals surface area contributed by atoms with Crippen molar-refractivity contribution in [2.75, 3.05) is 0 Å². The Morgan fingerprint density at radius 1 is 1.00 bits per heavy atom. The molecule has 2 aliphatic rings. The van der Waals surface area contributed by atoms with Gasteiger partial charge in [-0.15, -0.1) is 6.58 Å². The van der Waals surface area contributed by atoms with Gasteiger partial charge in [0.25, 0.3) is 0 Å². The Bertz CT molecular complexity index is 711. The Hall–Kier alpha value is -1.90. The Morgan fingerprint density at radius 3 is 2.41 bits per heavy atom. The number of benzene rings is 1. The van der Waals surface area contributed by atoms with Crippen molar-refractivity contribution in [2.24, 2.45) is 17.8 Å². The predicted octanol–water partition coefficient (Wildman–Crippen LogP) is 7.18. The van der Waals surface area contributed by atoms with Gasteiger partial charge >= 0.3 is 0 Å². The SMILES string of the molecule is C=CCCC1CCC(/C=C/C2CC=C(c3ccc(O)c(F)c3F)CC2)CC1. The molecule has 2 aliphatic carbocycles. The highest BCUT2D eigenvalue weighted by atomic mass is 19.2. The van der Waals surface area contributed by atoms with Crippen LogP contribution in [-0.4, -0.2) is 5.11 Å². The monoisotopic (exact) mass is 372 g/mol. The van der Waals surface area contributed by atoms with E-state index in [9.17, 15) is 13.9 Å². The third-order valence-electron chi connectivity index (χ3n) is 6.19. The summed E-state index contributed by atoms with van der Waals surface area (Å²) in [6, 6.07) is 2.70. The number of halogens is 2. The Kier molecular flexibility index (Phi) is 6.87. The average molecular weight is 372 g/mol. The molecular weight excluding hydrogens is 342 g/mol. The summed E-state index contributed by atoms with van der Waals surface area (Å²) in [4.78, 5) is 0. The number of hydrogen-bond donors (Lipinski definition) is 1. The van der Waals surface area contributed by atoms with Crippen LogP contribution in [0.25, 0.3) is 5.57 Å². The first-order valence-electron chi connectivity index (χ1n) is 10.2. The molecule has 1 fully saturated rings. The first-order valence-corrected chi connectivity index (χ1v) is 10.2. The van der Waals surface area contributed by atoms with Gasteiger partial charge in [0.2, 0.25) is 5.82 Å². The minimum absolute atomic E-state index is 0.283. The molecule has 0 heterocycles. The van der Waals surface area contributed by atoms with Crippen LogP contribution < -0.4 is 0 Å². The van der Waals surface area contributed by atoms with E-state index in [1.165, 1.54) is 44.2 Å². The third-order valence-corrected chi connectivity index (χ3v) is 6.19. The molecule has 1 aromatic carbocycles. The van der Waals surface area contributed by atoms with Crippen LogP contribution >= 0.6 is 0 Å². The smallest absolute Gasteiger partial charge is 0.200 e. The molecule has 1 atom stereocenters. The maximum absolute atomic E-state index is 14.0. The minimum atomic E-state index is -1.15. The topological polar surface area (TPSA) is 20.2 Å². The molecule has 146 valence electrons. The molecule has 1 aromatic rings. The van der Waals surface area contributed by atoms with Crippen molar-refractivity contribution in [1.29, 1.82) is 0 Å². The normalized spacial score (nSPS) is 26.1. The molecule has 0 saturated heterocycles. The first kappa shape index (κ1) is 19.9. The van der Waals surface area contributed by atoms with Crippen molar-refractivity contribution in [2.45, 2.75) is 57.8 Å². The fraction of sp³-hybridized carbons (Fsp3) is 0.500. The molecule has 0 radical (unpaired) electrons. The van der Waals surface area contributed by atoms with Gasteiger partial charge in [0.15, 0.2) is 11.6 Å². The highest BCUT2D eigenvalue weighted by molar-refractivity contribution is 5.67. The average Bonchev–Trinajstić information content (AvgIpc) is 2.70. The van der Waals surface area contributed by atoms with E-state index in [2.05, 4.69) is 18.7 Å². The number of phenols is 1. The lowest BCUT2D eigenvalue weighted by molar-refractivity contribution is 0.296. The quantitative estimate of drug-likeness (QED) is 0.524. The molecule has 0 aliphatic heterocycles. The summed E-state index contributed by atoms with van der Waals surface area (Å²) in [6.07, 6.45) is 19.0. The maximum atomic E-state index is 14.0. The summed E-state index contributed by atoms with van der Waals surface area (Å²) in [5.74, 6) is -0.681. The molecule has 1 N–H and O–H groups in total. The van der Waals surface area contributed by atoms with Crippen molar-refractivity contribution in [3.8, 4) is 5.75 Å². The number of phenolic OH excluding ortho intramolecular Hbond substituents is 1. The van der Waals surface area contributed by atoms with Gasteiger partial charge in [-0.05, 0) is 93.2 Å². The van der Waals surface area contributed by atoms with E-state index < -0.39 is 17.4 Å². The zero-order valence-electron chi connectivity index (χ0n) is 16.0. The third kappa shape index (κ3) is 5.09. The molecular formula is C24H30F2O. The van der Waals surface area contributed by atoms with Gasteiger partial charge in [-0.3, -0.25) is 0 Å². The lowest BCUT2D eigenvalue weighted by Crippen LogP contribution is -2.13. The van der Waals surface area contributed by atoms with Gasteiger partial charge in [-0.25, -0.2) is 4.39 Å². The summed E-state index contributed by atoms with van der Waals surface area (Å²) in [5.41, 5.74) is 1.13. The zero-order chi connectivity index (χ0) is 19.2. The van der Waals surface area contributed by atoms with Gasteiger partial charge in [0, 0.05) is 5.56 Å². The molecule has 0 amide bonds. The van der Waals surface area contributed by atoms with E-state index in [1.807, 2.05) is 12.2 Å². The van der Waals surface area contributed by atoms with E-state index in [0.29, 0.717) is 11.8 Å². The van der Waals surface area contributed by atoms with Crippen LogP contribution in [0.3, 0.4) is 0 Å². The van der Waals surface area contributed by atoms with Gasteiger partial charge in [-0.2, -0.15) is 4.39 Å². The summed E-state index contributed by atoms with van der Waals surface area (Å²) < 4.78 is 27.6. The fourth-order valence-corrected chi connectivity index (χ4v) is 4.40. The van der Waals surface area contributed by atoms with Crippen LogP contribution in [0.5, 0.6) is 5.75 Å². The van der Waals surface area contributed by atoms with Gasteiger partial charge < -0.3 is 5.11 Å². The summed E-state index contributed by atoms with van der Waals surface area (Å²) in [7, 11) is 0. The van der Waals surface area contributed by atoms with Crippen molar-refractivity contribution < 1.29 is 13.9 Å². The van der Waals surface area contributed by atoms with Crippen molar-refractivity contribution >= 4 is 5.57 Å². The second kappa shape index (κ2) is 9.34. The first-order chi connectivity index (χ1) is 13.1. The lowest BCUT2D eigenvalue weighted by atomic mass is 9.79. The van der Waals surface area contributed by atoms with Crippen molar-refractivity contribution in [3.05, 3.63) is 60.2 Å². The second-order valence-corrected chi connectivity index (χ2v) is 8.06. The fourth-order valence-electron chi connectivity index (χ4n) is 4.40. The molecule has 1 nitrogen and oxygen atoms in total. The number of allylic oxidation sites excluding steroid dienone is 5. The predicted molar refractivity (Wildman–Crippen MR) is 107 cm³/mol. The largest absolute Gasteiger partial charge is 0.505 e. The summed E-state index contributed by atoms with van der Waals surface area (Å²) >= 11 is 0. The Labute approximate surface area is 161 Å². The number of hydrogen-bond acceptors (Lipinski definition) is 1. The van der Waals surface area contributed by atoms with Gasteiger partial charge in [0.1, 0.15) is 0 Å².